The summed E-state index contributed by atoms with van der Waals surface area (Å²) in [7, 11) is 0. The Labute approximate surface area is 404 Å². The number of aliphatic hydroxyl groups is 7. The van der Waals surface area contributed by atoms with Crippen molar-refractivity contribution in [3.05, 3.63) is 12.2 Å². The highest BCUT2D eigenvalue weighted by Crippen LogP contribution is 2.23. The summed E-state index contributed by atoms with van der Waals surface area (Å²) in [6.07, 6.45) is 39.8. The lowest BCUT2D eigenvalue weighted by Gasteiger charge is -2.40. The van der Waals surface area contributed by atoms with E-state index in [-0.39, 0.29) is 12.8 Å². The molecule has 1 rings (SSSR count). The SMILES string of the molecule is CCCCCCCCCCCCCC/C=C/CCCC(O)C(O)C(COC1OC(CO)C(O)C(O)C1O)NC(=O)C(O)CCCCCCCCCCCCCCCCCCCCCCCC. The molecule has 66 heavy (non-hydrogen) atoms. The minimum atomic E-state index is -1.66. The zero-order chi connectivity index (χ0) is 48.3. The molecule has 0 aliphatic carbocycles. The fourth-order valence-electron chi connectivity index (χ4n) is 9.21. The lowest BCUT2D eigenvalue weighted by molar-refractivity contribution is -0.303. The molecule has 0 radical (unpaired) electrons. The van der Waals surface area contributed by atoms with Gasteiger partial charge in [0.05, 0.1) is 25.4 Å². The van der Waals surface area contributed by atoms with E-state index in [9.17, 15) is 40.5 Å². The second-order valence-corrected chi connectivity index (χ2v) is 20.0. The van der Waals surface area contributed by atoms with Gasteiger partial charge in [0.1, 0.15) is 36.6 Å². The molecule has 0 bridgehead atoms. The van der Waals surface area contributed by atoms with E-state index in [1.54, 1.807) is 0 Å². The van der Waals surface area contributed by atoms with Gasteiger partial charge in [-0.25, -0.2) is 0 Å². The third kappa shape index (κ3) is 33.4. The summed E-state index contributed by atoms with van der Waals surface area (Å²) in [5, 5.41) is 76.0. The number of unbranched alkanes of at least 4 members (excludes halogenated alkanes) is 34. The van der Waals surface area contributed by atoms with Gasteiger partial charge in [-0.2, -0.15) is 0 Å². The van der Waals surface area contributed by atoms with Gasteiger partial charge in [-0.1, -0.05) is 238 Å². The van der Waals surface area contributed by atoms with Gasteiger partial charge in [-0.05, 0) is 38.5 Å². The maximum Gasteiger partial charge on any atom is 0.249 e. The number of nitrogens with one attached hydrogen (secondary N) is 1. The zero-order valence-electron chi connectivity index (χ0n) is 42.7. The van der Waals surface area contributed by atoms with Gasteiger partial charge in [-0.3, -0.25) is 4.79 Å². The van der Waals surface area contributed by atoms with Crippen molar-refractivity contribution >= 4 is 5.91 Å². The van der Waals surface area contributed by atoms with E-state index in [2.05, 4.69) is 31.3 Å². The smallest absolute Gasteiger partial charge is 0.249 e. The number of amides is 1. The minimum Gasteiger partial charge on any atom is -0.394 e. The van der Waals surface area contributed by atoms with E-state index >= 15 is 0 Å². The summed E-state index contributed by atoms with van der Waals surface area (Å²) >= 11 is 0. The van der Waals surface area contributed by atoms with Crippen molar-refractivity contribution in [1.82, 2.24) is 5.32 Å². The van der Waals surface area contributed by atoms with E-state index in [0.717, 1.165) is 38.5 Å². The van der Waals surface area contributed by atoms with Crippen LogP contribution in [0.5, 0.6) is 0 Å². The molecule has 1 aliphatic rings. The molecule has 1 aliphatic heterocycles. The minimum absolute atomic E-state index is 0.259. The van der Waals surface area contributed by atoms with E-state index in [1.165, 1.54) is 186 Å². The maximum absolute atomic E-state index is 13.2. The summed E-state index contributed by atoms with van der Waals surface area (Å²) < 4.78 is 11.1. The van der Waals surface area contributed by atoms with Crippen LogP contribution in [0.4, 0.5) is 0 Å². The first-order chi connectivity index (χ1) is 32.2. The van der Waals surface area contributed by atoms with Crippen molar-refractivity contribution < 1.29 is 50.0 Å². The molecule has 0 saturated carbocycles. The lowest BCUT2D eigenvalue weighted by Crippen LogP contribution is -2.60. The molecule has 392 valence electrons. The van der Waals surface area contributed by atoms with Crippen LogP contribution in [0.1, 0.15) is 264 Å². The third-order valence-electron chi connectivity index (χ3n) is 13.8. The highest BCUT2D eigenvalue weighted by atomic mass is 16.7. The molecule has 11 nitrogen and oxygen atoms in total. The van der Waals surface area contributed by atoms with E-state index < -0.39 is 74.2 Å². The Kier molecular flexibility index (Phi) is 42.9. The van der Waals surface area contributed by atoms with Gasteiger partial charge < -0.3 is 50.5 Å². The molecule has 9 unspecified atom stereocenters. The van der Waals surface area contributed by atoms with E-state index in [0.29, 0.717) is 12.8 Å². The van der Waals surface area contributed by atoms with Gasteiger partial charge >= 0.3 is 0 Å². The first-order valence-corrected chi connectivity index (χ1v) is 28.1. The standard InChI is InChI=1S/C55H107NO10/c1-3-5-7-9-11-13-15-17-19-21-22-23-24-25-27-29-31-33-35-37-39-41-43-48(59)54(64)56-46(45-65-55-53(63)52(62)51(61)49(44-57)66-55)50(60)47(58)42-40-38-36-34-32-30-28-26-20-18-16-14-12-10-8-6-4-2/h34,36,46-53,55,57-63H,3-33,35,37-45H2,1-2H3,(H,56,64)/b36-34+. The number of hydrogen-bond acceptors (Lipinski definition) is 10. The predicted octanol–water partition coefficient (Wildman–Crippen LogP) is 11.2. The molecule has 0 aromatic carbocycles. The first-order valence-electron chi connectivity index (χ1n) is 28.1. The molecule has 0 aromatic heterocycles. The Morgan fingerprint density at radius 3 is 1.30 bits per heavy atom. The average Bonchev–Trinajstić information content (AvgIpc) is 3.32. The molecule has 8 N–H and O–H groups in total. The molecule has 1 saturated heterocycles. The van der Waals surface area contributed by atoms with Crippen molar-refractivity contribution in [2.24, 2.45) is 0 Å². The monoisotopic (exact) mass is 942 g/mol. The predicted molar refractivity (Wildman–Crippen MR) is 270 cm³/mol. The van der Waals surface area contributed by atoms with Crippen LogP contribution in [0.25, 0.3) is 0 Å². The Hall–Kier alpha value is -1.15. The van der Waals surface area contributed by atoms with Crippen LogP contribution in [0, 0.1) is 0 Å². The largest absolute Gasteiger partial charge is 0.394 e. The highest BCUT2D eigenvalue weighted by molar-refractivity contribution is 5.80. The topological polar surface area (TPSA) is 189 Å². The lowest BCUT2D eigenvalue weighted by atomic mass is 9.98. The molecule has 1 heterocycles. The van der Waals surface area contributed by atoms with Crippen LogP contribution < -0.4 is 5.32 Å². The molecule has 9 atom stereocenters. The summed E-state index contributed by atoms with van der Waals surface area (Å²) in [6, 6.07) is -1.18. The van der Waals surface area contributed by atoms with Crippen LogP contribution in [-0.2, 0) is 14.3 Å². The molecular formula is C55H107NO10. The number of carbonyl (C=O) groups excluding carboxylic acids is 1. The average molecular weight is 942 g/mol. The fourth-order valence-corrected chi connectivity index (χ4v) is 9.21. The van der Waals surface area contributed by atoms with E-state index in [1.807, 2.05) is 0 Å². The van der Waals surface area contributed by atoms with Crippen LogP contribution in [-0.4, -0.2) is 110 Å². The van der Waals surface area contributed by atoms with Gasteiger partial charge in [0.2, 0.25) is 5.91 Å². The Morgan fingerprint density at radius 2 is 0.894 bits per heavy atom. The number of hydrogen-bond donors (Lipinski definition) is 8. The highest BCUT2D eigenvalue weighted by Gasteiger charge is 2.44. The maximum atomic E-state index is 13.2. The van der Waals surface area contributed by atoms with Crippen LogP contribution in [0.15, 0.2) is 12.2 Å². The number of ether oxygens (including phenoxy) is 2. The normalized spacial score (nSPS) is 20.8. The first kappa shape index (κ1) is 62.9. The molecule has 1 fully saturated rings. The molecule has 11 heteroatoms. The molecule has 0 spiro atoms. The van der Waals surface area contributed by atoms with Crippen molar-refractivity contribution in [3.8, 4) is 0 Å². The molecule has 0 aromatic rings. The van der Waals surface area contributed by atoms with Gasteiger partial charge in [0.25, 0.3) is 0 Å². The molecular weight excluding hydrogens is 835 g/mol. The quantitative estimate of drug-likeness (QED) is 0.0215. The zero-order valence-corrected chi connectivity index (χ0v) is 42.7. The van der Waals surface area contributed by atoms with Crippen LogP contribution >= 0.6 is 0 Å². The second-order valence-electron chi connectivity index (χ2n) is 20.0. The summed E-state index contributed by atoms with van der Waals surface area (Å²) in [5.74, 6) is -0.701. The fraction of sp³-hybridized carbons (Fsp3) is 0.945. The number of aliphatic hydroxyl groups excluding tert-OH is 7. The third-order valence-corrected chi connectivity index (χ3v) is 13.8. The Morgan fingerprint density at radius 1 is 0.515 bits per heavy atom. The summed E-state index contributed by atoms with van der Waals surface area (Å²) in [4.78, 5) is 13.2. The van der Waals surface area contributed by atoms with Crippen molar-refractivity contribution in [2.75, 3.05) is 13.2 Å². The van der Waals surface area contributed by atoms with Crippen LogP contribution in [0.3, 0.4) is 0 Å². The van der Waals surface area contributed by atoms with Crippen LogP contribution in [0.2, 0.25) is 0 Å². The number of carbonyl (C=O) groups is 1. The Balaban J connectivity index is 2.33. The van der Waals surface area contributed by atoms with Gasteiger partial charge in [0, 0.05) is 0 Å². The Bertz CT molecular complexity index is 1080. The number of allylic oxidation sites excluding steroid dienone is 2. The van der Waals surface area contributed by atoms with Gasteiger partial charge in [-0.15, -0.1) is 0 Å². The van der Waals surface area contributed by atoms with Crippen molar-refractivity contribution in [3.63, 3.8) is 0 Å². The van der Waals surface area contributed by atoms with E-state index in [4.69, 9.17) is 9.47 Å². The summed E-state index contributed by atoms with van der Waals surface area (Å²) in [6.45, 7) is 3.47. The van der Waals surface area contributed by atoms with Crippen molar-refractivity contribution in [2.45, 2.75) is 319 Å². The van der Waals surface area contributed by atoms with Gasteiger partial charge in [0.15, 0.2) is 6.29 Å². The molecule has 1 amide bonds. The van der Waals surface area contributed by atoms with Crippen molar-refractivity contribution in [1.29, 1.82) is 0 Å². The number of rotatable bonds is 48. The second kappa shape index (κ2) is 45.0. The summed E-state index contributed by atoms with van der Waals surface area (Å²) in [5.41, 5.74) is 0.